The first-order chi connectivity index (χ1) is 9.67. The van der Waals surface area contributed by atoms with Gasteiger partial charge in [0.05, 0.1) is 12.7 Å². The Morgan fingerprint density at radius 1 is 1.24 bits per heavy atom. The second-order valence-electron chi connectivity index (χ2n) is 6.62. The van der Waals surface area contributed by atoms with Crippen molar-refractivity contribution in [2.45, 2.75) is 71.6 Å². The number of likely N-dealkylation sites (N-methyl/N-ethyl adjacent to an activating group) is 1. The first-order valence-electron chi connectivity index (χ1n) is 7.98. The third kappa shape index (κ3) is 9.82. The molecule has 0 saturated heterocycles. The Kier molecular flexibility index (Phi) is 9.83. The van der Waals surface area contributed by atoms with E-state index in [4.69, 9.17) is 4.74 Å². The van der Waals surface area contributed by atoms with Gasteiger partial charge in [-0.1, -0.05) is 0 Å². The molecule has 5 nitrogen and oxygen atoms in total. The van der Waals surface area contributed by atoms with E-state index in [0.717, 1.165) is 32.5 Å². The van der Waals surface area contributed by atoms with Gasteiger partial charge in [0.1, 0.15) is 5.54 Å². The first-order valence-corrected chi connectivity index (χ1v) is 7.98. The van der Waals surface area contributed by atoms with E-state index in [-0.39, 0.29) is 12.1 Å². The molecule has 0 aromatic rings. The van der Waals surface area contributed by atoms with Crippen LogP contribution in [0.5, 0.6) is 0 Å². The lowest BCUT2D eigenvalue weighted by atomic mass is 9.94. The van der Waals surface area contributed by atoms with E-state index in [2.05, 4.69) is 17.3 Å². The lowest BCUT2D eigenvalue weighted by Gasteiger charge is -2.29. The number of carbonyl (C=O) groups is 1. The summed E-state index contributed by atoms with van der Waals surface area (Å²) >= 11 is 0. The number of aliphatic carboxylic acids is 1. The van der Waals surface area contributed by atoms with Crippen LogP contribution in [0.1, 0.15) is 53.9 Å². The number of unbranched alkanes of at least 4 members (excludes halogenated alkanes) is 1. The van der Waals surface area contributed by atoms with Crippen molar-refractivity contribution in [1.82, 2.24) is 10.2 Å². The molecule has 0 radical (unpaired) electrons. The molecule has 0 amide bonds. The molecule has 0 spiro atoms. The smallest absolute Gasteiger partial charge is 0.323 e. The zero-order valence-electron chi connectivity index (χ0n) is 14.6. The minimum absolute atomic E-state index is 0.168. The van der Waals surface area contributed by atoms with Crippen LogP contribution in [0, 0.1) is 0 Å². The molecule has 0 aromatic heterocycles. The van der Waals surface area contributed by atoms with Gasteiger partial charge in [0.2, 0.25) is 0 Å². The van der Waals surface area contributed by atoms with Crippen LogP contribution in [-0.2, 0) is 9.53 Å². The molecule has 1 atom stereocenters. The number of carboxylic acid groups (broad SMARTS) is 1. The number of nitrogens with zero attached hydrogens (tertiary/aromatic N) is 1. The van der Waals surface area contributed by atoms with Crippen molar-refractivity contribution in [3.05, 3.63) is 0 Å². The van der Waals surface area contributed by atoms with Gasteiger partial charge in [0.15, 0.2) is 0 Å². The topological polar surface area (TPSA) is 61.8 Å². The van der Waals surface area contributed by atoms with Crippen molar-refractivity contribution < 1.29 is 14.6 Å². The van der Waals surface area contributed by atoms with Gasteiger partial charge in [-0.3, -0.25) is 10.1 Å². The lowest BCUT2D eigenvalue weighted by Crippen LogP contribution is -2.52. The van der Waals surface area contributed by atoms with Gasteiger partial charge in [-0.15, -0.1) is 0 Å². The van der Waals surface area contributed by atoms with E-state index in [1.807, 2.05) is 27.7 Å². The van der Waals surface area contributed by atoms with Gasteiger partial charge in [-0.2, -0.15) is 0 Å². The van der Waals surface area contributed by atoms with Gasteiger partial charge >= 0.3 is 5.97 Å². The van der Waals surface area contributed by atoms with E-state index in [1.165, 1.54) is 0 Å². The fourth-order valence-electron chi connectivity index (χ4n) is 2.29. The maximum atomic E-state index is 11.4. The van der Waals surface area contributed by atoms with Crippen LogP contribution < -0.4 is 5.32 Å². The van der Waals surface area contributed by atoms with Crippen molar-refractivity contribution >= 4 is 5.97 Å². The van der Waals surface area contributed by atoms with E-state index in [9.17, 15) is 9.90 Å². The Morgan fingerprint density at radius 3 is 2.33 bits per heavy atom. The zero-order chi connectivity index (χ0) is 16.5. The summed E-state index contributed by atoms with van der Waals surface area (Å²) in [5, 5.41) is 12.5. The molecule has 5 heteroatoms. The minimum Gasteiger partial charge on any atom is -0.480 e. The average molecular weight is 302 g/mol. The van der Waals surface area contributed by atoms with Crippen molar-refractivity contribution in [3.8, 4) is 0 Å². The number of hydrogen-bond donors (Lipinski definition) is 2. The van der Waals surface area contributed by atoms with E-state index in [1.54, 1.807) is 6.92 Å². The monoisotopic (exact) mass is 302 g/mol. The molecule has 2 N–H and O–H groups in total. The summed E-state index contributed by atoms with van der Waals surface area (Å²) < 4.78 is 5.52. The Hall–Kier alpha value is -0.650. The van der Waals surface area contributed by atoms with E-state index < -0.39 is 11.5 Å². The van der Waals surface area contributed by atoms with Crippen molar-refractivity contribution in [2.24, 2.45) is 0 Å². The maximum absolute atomic E-state index is 11.4. The summed E-state index contributed by atoms with van der Waals surface area (Å²) in [5.41, 5.74) is -0.826. The van der Waals surface area contributed by atoms with E-state index in [0.29, 0.717) is 6.42 Å². The van der Waals surface area contributed by atoms with Crippen LogP contribution in [0.15, 0.2) is 0 Å². The molecule has 21 heavy (non-hydrogen) atoms. The number of rotatable bonds is 12. The summed E-state index contributed by atoms with van der Waals surface area (Å²) in [6.07, 6.45) is 2.83. The van der Waals surface area contributed by atoms with Crippen LogP contribution in [0.25, 0.3) is 0 Å². The molecule has 1 unspecified atom stereocenters. The molecule has 0 aromatic carbocycles. The van der Waals surface area contributed by atoms with Crippen molar-refractivity contribution in [1.29, 1.82) is 0 Å². The van der Waals surface area contributed by atoms with Crippen molar-refractivity contribution in [2.75, 3.05) is 26.7 Å². The molecule has 126 valence electrons. The number of hydrogen-bond acceptors (Lipinski definition) is 4. The predicted molar refractivity (Wildman–Crippen MR) is 86.7 cm³/mol. The van der Waals surface area contributed by atoms with Crippen LogP contribution in [-0.4, -0.2) is 60.4 Å². The zero-order valence-corrected chi connectivity index (χ0v) is 14.6. The fraction of sp³-hybridized carbons (Fsp3) is 0.938. The largest absolute Gasteiger partial charge is 0.480 e. The summed E-state index contributed by atoms with van der Waals surface area (Å²) in [7, 11) is 2.08. The minimum atomic E-state index is -0.826. The molecule has 0 aliphatic heterocycles. The van der Waals surface area contributed by atoms with Gasteiger partial charge < -0.3 is 14.7 Å². The highest BCUT2D eigenvalue weighted by Crippen LogP contribution is 2.15. The fourth-order valence-corrected chi connectivity index (χ4v) is 2.29. The Balaban J connectivity index is 3.92. The van der Waals surface area contributed by atoms with Gasteiger partial charge in [-0.05, 0) is 67.5 Å². The third-order valence-corrected chi connectivity index (χ3v) is 3.47. The molecule has 0 rings (SSSR count). The van der Waals surface area contributed by atoms with Gasteiger partial charge in [0.25, 0.3) is 0 Å². The SMILES string of the molecule is CC(C)NC(C)(CCCCN(C)CCOC(C)C)C(=O)O. The third-order valence-electron chi connectivity index (χ3n) is 3.47. The number of ether oxygens (including phenoxy) is 1. The maximum Gasteiger partial charge on any atom is 0.323 e. The number of carboxylic acids is 1. The molecular weight excluding hydrogens is 268 g/mol. The van der Waals surface area contributed by atoms with Gasteiger partial charge in [0, 0.05) is 12.6 Å². The lowest BCUT2D eigenvalue weighted by molar-refractivity contribution is -0.144. The highest BCUT2D eigenvalue weighted by atomic mass is 16.5. The summed E-state index contributed by atoms with van der Waals surface area (Å²) in [6, 6.07) is 0.168. The Bertz CT molecular complexity index is 295. The summed E-state index contributed by atoms with van der Waals surface area (Å²) in [6.45, 7) is 12.4. The van der Waals surface area contributed by atoms with Crippen LogP contribution in [0.2, 0.25) is 0 Å². The molecule has 0 heterocycles. The highest BCUT2D eigenvalue weighted by molar-refractivity contribution is 5.78. The highest BCUT2D eigenvalue weighted by Gasteiger charge is 2.32. The normalized spacial score (nSPS) is 14.9. The van der Waals surface area contributed by atoms with Crippen LogP contribution in [0.3, 0.4) is 0 Å². The summed E-state index contributed by atoms with van der Waals surface area (Å²) in [4.78, 5) is 13.6. The Labute approximate surface area is 130 Å². The molecule has 0 bridgehead atoms. The van der Waals surface area contributed by atoms with E-state index >= 15 is 0 Å². The molecule has 0 aliphatic carbocycles. The van der Waals surface area contributed by atoms with Crippen molar-refractivity contribution in [3.63, 3.8) is 0 Å². The quantitative estimate of drug-likeness (QED) is 0.542. The summed E-state index contributed by atoms with van der Waals surface area (Å²) in [5.74, 6) is -0.769. The average Bonchev–Trinajstić information content (AvgIpc) is 2.33. The second kappa shape index (κ2) is 10.1. The molecule has 0 fully saturated rings. The first kappa shape index (κ1) is 20.3. The van der Waals surface area contributed by atoms with Gasteiger partial charge in [-0.25, -0.2) is 0 Å². The molecule has 0 aliphatic rings. The second-order valence-corrected chi connectivity index (χ2v) is 6.62. The van der Waals surface area contributed by atoms with Crippen LogP contribution in [0.4, 0.5) is 0 Å². The predicted octanol–water partition coefficient (Wildman–Crippen LogP) is 2.35. The number of nitrogens with one attached hydrogen (secondary N) is 1. The Morgan fingerprint density at radius 2 is 1.86 bits per heavy atom. The van der Waals surface area contributed by atoms with Crippen LogP contribution >= 0.6 is 0 Å². The standard InChI is InChI=1S/C16H34N2O3/c1-13(2)17-16(5,15(19)20)9-7-8-10-18(6)11-12-21-14(3)4/h13-14,17H,7-12H2,1-6H3,(H,19,20). The molecule has 0 saturated carbocycles. The molecular formula is C16H34N2O3.